The zero-order valence-corrected chi connectivity index (χ0v) is 9.97. The van der Waals surface area contributed by atoms with Gasteiger partial charge in [0.15, 0.2) is 0 Å². The summed E-state index contributed by atoms with van der Waals surface area (Å²) in [6.07, 6.45) is 0.112. The minimum atomic E-state index is -0.865. The molecule has 1 aromatic rings. The first kappa shape index (κ1) is 11.9. The molecule has 4 nitrogen and oxygen atoms in total. The summed E-state index contributed by atoms with van der Waals surface area (Å²) >= 11 is 0. The molecule has 0 saturated carbocycles. The molecule has 1 fully saturated rings. The molecule has 1 N–H and O–H groups in total. The summed E-state index contributed by atoms with van der Waals surface area (Å²) in [6.45, 7) is 4.39. The van der Waals surface area contributed by atoms with E-state index >= 15 is 0 Å². The molecule has 17 heavy (non-hydrogen) atoms. The predicted molar refractivity (Wildman–Crippen MR) is 62.3 cm³/mol. The molecule has 2 rings (SSSR count). The van der Waals surface area contributed by atoms with Crippen LogP contribution in [0.25, 0.3) is 0 Å². The Morgan fingerprint density at radius 1 is 1.35 bits per heavy atom. The van der Waals surface area contributed by atoms with Crippen molar-refractivity contribution >= 4 is 5.97 Å². The molecule has 1 aliphatic rings. The maximum absolute atomic E-state index is 11.3. The number of carboxylic acids is 1. The van der Waals surface area contributed by atoms with E-state index in [0.717, 1.165) is 11.3 Å². The summed E-state index contributed by atoms with van der Waals surface area (Å²) in [6, 6.07) is 7.21. The molecule has 1 heterocycles. The number of benzene rings is 1. The van der Waals surface area contributed by atoms with Gasteiger partial charge in [-0.3, -0.25) is 4.79 Å². The Bertz CT molecular complexity index is 404. The third-order valence-corrected chi connectivity index (χ3v) is 2.88. The first-order chi connectivity index (χ1) is 8.04. The van der Waals surface area contributed by atoms with E-state index in [1.54, 1.807) is 24.3 Å². The summed E-state index contributed by atoms with van der Waals surface area (Å²) in [5.41, 5.74) is -0.0940. The van der Waals surface area contributed by atoms with Crippen LogP contribution in [-0.2, 0) is 14.9 Å². The van der Waals surface area contributed by atoms with Gasteiger partial charge in [-0.05, 0) is 31.5 Å². The fourth-order valence-electron chi connectivity index (χ4n) is 1.84. The summed E-state index contributed by atoms with van der Waals surface area (Å²) in [4.78, 5) is 11.3. The molecule has 92 valence electrons. The molecule has 0 bridgehead atoms. The van der Waals surface area contributed by atoms with E-state index in [2.05, 4.69) is 0 Å². The van der Waals surface area contributed by atoms with Crippen LogP contribution < -0.4 is 4.74 Å². The van der Waals surface area contributed by atoms with E-state index in [4.69, 9.17) is 9.47 Å². The van der Waals surface area contributed by atoms with E-state index in [0.29, 0.717) is 0 Å². The molecule has 0 spiro atoms. The van der Waals surface area contributed by atoms with E-state index < -0.39 is 11.4 Å². The molecule has 0 atom stereocenters. The van der Waals surface area contributed by atoms with Crippen molar-refractivity contribution < 1.29 is 19.4 Å². The molecule has 0 aromatic heterocycles. The van der Waals surface area contributed by atoms with Crippen molar-refractivity contribution in [3.8, 4) is 5.75 Å². The van der Waals surface area contributed by atoms with Crippen LogP contribution in [0.15, 0.2) is 24.3 Å². The molecule has 0 amide bonds. The topological polar surface area (TPSA) is 55.8 Å². The number of rotatable bonds is 4. The highest BCUT2D eigenvalue weighted by molar-refractivity contribution is 5.83. The average molecular weight is 236 g/mol. The van der Waals surface area contributed by atoms with Crippen LogP contribution in [0.3, 0.4) is 0 Å². The quantitative estimate of drug-likeness (QED) is 0.866. The van der Waals surface area contributed by atoms with Gasteiger partial charge in [-0.15, -0.1) is 0 Å². The van der Waals surface area contributed by atoms with Gasteiger partial charge in [0.05, 0.1) is 19.3 Å². The minimum absolute atomic E-state index is 0.112. The number of carboxylic acid groups (broad SMARTS) is 1. The van der Waals surface area contributed by atoms with Crippen molar-refractivity contribution in [2.45, 2.75) is 25.4 Å². The molecule has 0 unspecified atom stereocenters. The van der Waals surface area contributed by atoms with Gasteiger partial charge in [0.25, 0.3) is 0 Å². The summed E-state index contributed by atoms with van der Waals surface area (Å²) in [7, 11) is 0. The lowest BCUT2D eigenvalue weighted by molar-refractivity contribution is -0.163. The summed E-state index contributed by atoms with van der Waals surface area (Å²) in [5.74, 6) is -0.0780. The second-order valence-corrected chi connectivity index (χ2v) is 4.57. The second kappa shape index (κ2) is 4.37. The maximum Gasteiger partial charge on any atom is 0.318 e. The van der Waals surface area contributed by atoms with Crippen LogP contribution in [0.4, 0.5) is 0 Å². The summed E-state index contributed by atoms with van der Waals surface area (Å²) < 4.78 is 10.6. The Kier molecular flexibility index (Phi) is 3.07. The molecule has 1 saturated heterocycles. The first-order valence-electron chi connectivity index (χ1n) is 5.63. The third kappa shape index (κ3) is 2.13. The highest BCUT2D eigenvalue weighted by Crippen LogP contribution is 2.33. The Morgan fingerprint density at radius 3 is 2.29 bits per heavy atom. The standard InChI is InChI=1S/C13H16O4/c1-9(2)17-11-5-3-10(4-6-11)13(12(14)15)7-16-8-13/h3-6,9H,7-8H2,1-2H3,(H,14,15). The van der Waals surface area contributed by atoms with Gasteiger partial charge >= 0.3 is 5.97 Å². The van der Waals surface area contributed by atoms with Crippen molar-refractivity contribution in [1.29, 1.82) is 0 Å². The van der Waals surface area contributed by atoms with Crippen molar-refractivity contribution in [3.05, 3.63) is 29.8 Å². The fourth-order valence-corrected chi connectivity index (χ4v) is 1.84. The van der Waals surface area contributed by atoms with Crippen molar-refractivity contribution in [2.75, 3.05) is 13.2 Å². The zero-order chi connectivity index (χ0) is 12.5. The lowest BCUT2D eigenvalue weighted by Crippen LogP contribution is -2.53. The zero-order valence-electron chi connectivity index (χ0n) is 9.97. The monoisotopic (exact) mass is 236 g/mol. The molecule has 1 aliphatic heterocycles. The van der Waals surface area contributed by atoms with Gasteiger partial charge in [-0.2, -0.15) is 0 Å². The van der Waals surface area contributed by atoms with Gasteiger partial charge in [0.2, 0.25) is 0 Å². The smallest absolute Gasteiger partial charge is 0.318 e. The number of hydrogen-bond donors (Lipinski definition) is 1. The second-order valence-electron chi connectivity index (χ2n) is 4.57. The molecular formula is C13H16O4. The molecule has 0 aliphatic carbocycles. The highest BCUT2D eigenvalue weighted by Gasteiger charge is 2.47. The van der Waals surface area contributed by atoms with Crippen molar-refractivity contribution in [2.24, 2.45) is 0 Å². The third-order valence-electron chi connectivity index (χ3n) is 2.88. The van der Waals surface area contributed by atoms with Gasteiger partial charge in [0.1, 0.15) is 11.2 Å². The van der Waals surface area contributed by atoms with Crippen molar-refractivity contribution in [3.63, 3.8) is 0 Å². The molecule has 0 radical (unpaired) electrons. The Hall–Kier alpha value is -1.55. The van der Waals surface area contributed by atoms with Gasteiger partial charge in [-0.25, -0.2) is 0 Å². The van der Waals surface area contributed by atoms with Crippen LogP contribution in [0.5, 0.6) is 5.75 Å². The van der Waals surface area contributed by atoms with Gasteiger partial charge in [0, 0.05) is 0 Å². The maximum atomic E-state index is 11.3. The van der Waals surface area contributed by atoms with Gasteiger partial charge in [-0.1, -0.05) is 12.1 Å². The van der Waals surface area contributed by atoms with E-state index in [1.807, 2.05) is 13.8 Å². The van der Waals surface area contributed by atoms with E-state index in [1.165, 1.54) is 0 Å². The Morgan fingerprint density at radius 2 is 1.94 bits per heavy atom. The molecular weight excluding hydrogens is 220 g/mol. The number of ether oxygens (including phenoxy) is 2. The Labute approximate surface area is 100 Å². The lowest BCUT2D eigenvalue weighted by Gasteiger charge is -2.37. The van der Waals surface area contributed by atoms with Crippen molar-refractivity contribution in [1.82, 2.24) is 0 Å². The van der Waals surface area contributed by atoms with E-state index in [9.17, 15) is 9.90 Å². The highest BCUT2D eigenvalue weighted by atomic mass is 16.5. The fraction of sp³-hybridized carbons (Fsp3) is 0.462. The van der Waals surface area contributed by atoms with E-state index in [-0.39, 0.29) is 19.3 Å². The number of aliphatic carboxylic acids is 1. The SMILES string of the molecule is CC(C)Oc1ccc(C2(C(=O)O)COC2)cc1. The lowest BCUT2D eigenvalue weighted by atomic mass is 9.79. The molecule has 4 heteroatoms. The van der Waals surface area contributed by atoms with Crippen LogP contribution in [0.1, 0.15) is 19.4 Å². The minimum Gasteiger partial charge on any atom is -0.491 e. The normalized spacial score (nSPS) is 17.6. The van der Waals surface area contributed by atoms with Crippen LogP contribution in [0, 0.1) is 0 Å². The Balaban J connectivity index is 2.20. The van der Waals surface area contributed by atoms with Crippen LogP contribution in [-0.4, -0.2) is 30.4 Å². The summed E-state index contributed by atoms with van der Waals surface area (Å²) in [5, 5.41) is 9.24. The van der Waals surface area contributed by atoms with Gasteiger partial charge < -0.3 is 14.6 Å². The number of carbonyl (C=O) groups is 1. The molecule has 1 aromatic carbocycles. The largest absolute Gasteiger partial charge is 0.491 e. The van der Waals surface area contributed by atoms with Crippen LogP contribution >= 0.6 is 0 Å². The van der Waals surface area contributed by atoms with Crippen LogP contribution in [0.2, 0.25) is 0 Å². The average Bonchev–Trinajstić information content (AvgIpc) is 2.17. The number of hydrogen-bond acceptors (Lipinski definition) is 3. The first-order valence-corrected chi connectivity index (χ1v) is 5.63. The predicted octanol–water partition coefficient (Wildman–Crippen LogP) is 1.83.